The van der Waals surface area contributed by atoms with Gasteiger partial charge in [0, 0.05) is 38.6 Å². The summed E-state index contributed by atoms with van der Waals surface area (Å²) in [5, 5.41) is 0. The van der Waals surface area contributed by atoms with Crippen molar-refractivity contribution in [3.8, 4) is 0 Å². The van der Waals surface area contributed by atoms with Gasteiger partial charge < -0.3 is 14.8 Å². The predicted molar refractivity (Wildman–Crippen MR) is 78.9 cm³/mol. The van der Waals surface area contributed by atoms with E-state index in [4.69, 9.17) is 0 Å². The van der Waals surface area contributed by atoms with Gasteiger partial charge in [-0.3, -0.25) is 9.59 Å². The number of halogens is 3. The fourth-order valence-electron chi connectivity index (χ4n) is 2.61. The van der Waals surface area contributed by atoms with Crippen LogP contribution in [0.2, 0.25) is 0 Å². The van der Waals surface area contributed by atoms with Gasteiger partial charge in [-0.05, 0) is 18.2 Å². The van der Waals surface area contributed by atoms with Crippen LogP contribution in [0.4, 0.5) is 13.2 Å². The molecule has 0 atom stereocenters. The third kappa shape index (κ3) is 2.86. The van der Waals surface area contributed by atoms with Gasteiger partial charge in [0.2, 0.25) is 0 Å². The minimum atomic E-state index is -1.66. The van der Waals surface area contributed by atoms with Crippen LogP contribution < -0.4 is 0 Å². The van der Waals surface area contributed by atoms with Crippen molar-refractivity contribution in [2.24, 2.45) is 0 Å². The van der Waals surface area contributed by atoms with Crippen LogP contribution in [0.1, 0.15) is 20.7 Å². The van der Waals surface area contributed by atoms with E-state index in [1.54, 1.807) is 23.4 Å². The third-order valence-corrected chi connectivity index (χ3v) is 3.96. The molecule has 1 aromatic carbocycles. The van der Waals surface area contributed by atoms with Crippen LogP contribution in [0, 0.1) is 17.5 Å². The van der Waals surface area contributed by atoms with E-state index in [1.165, 1.54) is 4.90 Å². The van der Waals surface area contributed by atoms with Crippen molar-refractivity contribution >= 4 is 11.8 Å². The lowest BCUT2D eigenvalue weighted by Gasteiger charge is -2.34. The molecule has 1 fully saturated rings. The minimum absolute atomic E-state index is 0.164. The van der Waals surface area contributed by atoms with Gasteiger partial charge in [-0.15, -0.1) is 0 Å². The zero-order chi connectivity index (χ0) is 17.3. The number of amides is 2. The maximum Gasteiger partial charge on any atom is 0.257 e. The van der Waals surface area contributed by atoms with E-state index in [1.807, 2.05) is 0 Å². The van der Waals surface area contributed by atoms with Crippen LogP contribution in [0.15, 0.2) is 30.6 Å². The first-order valence-corrected chi connectivity index (χ1v) is 7.34. The Bertz CT molecular complexity index is 769. The quantitative estimate of drug-likeness (QED) is 0.853. The van der Waals surface area contributed by atoms with E-state index in [9.17, 15) is 22.8 Å². The zero-order valence-corrected chi connectivity index (χ0v) is 12.6. The highest BCUT2D eigenvalue weighted by molar-refractivity contribution is 5.96. The largest absolute Gasteiger partial charge is 0.367 e. The molecule has 2 aromatic rings. The summed E-state index contributed by atoms with van der Waals surface area (Å²) in [5.74, 6) is -5.39. The van der Waals surface area contributed by atoms with Gasteiger partial charge in [0.05, 0.1) is 11.1 Å². The number of nitrogens with zero attached hydrogens (tertiary/aromatic N) is 2. The maximum atomic E-state index is 13.7. The Hall–Kier alpha value is -2.77. The highest BCUT2D eigenvalue weighted by Crippen LogP contribution is 2.18. The summed E-state index contributed by atoms with van der Waals surface area (Å²) in [6.45, 7) is 0.933. The zero-order valence-electron chi connectivity index (χ0n) is 12.6. The standard InChI is InChI=1S/C16H14F3N3O2/c17-12-2-1-11(13(18)14(12)19)16(24)22-7-5-21(6-8-22)15(23)10-3-4-20-9-10/h1-4,9,20H,5-8H2. The summed E-state index contributed by atoms with van der Waals surface area (Å²) in [7, 11) is 0. The fraction of sp³-hybridized carbons (Fsp3) is 0.250. The minimum Gasteiger partial charge on any atom is -0.367 e. The predicted octanol–water partition coefficient (Wildman–Crippen LogP) is 2.03. The van der Waals surface area contributed by atoms with Crippen molar-refractivity contribution in [2.75, 3.05) is 26.2 Å². The SMILES string of the molecule is O=C(c1cc[nH]c1)N1CCN(C(=O)c2ccc(F)c(F)c2F)CC1. The fourth-order valence-corrected chi connectivity index (χ4v) is 2.61. The molecule has 126 valence electrons. The van der Waals surface area contributed by atoms with Gasteiger partial charge in [-0.1, -0.05) is 0 Å². The number of piperazine rings is 1. The first kappa shape index (κ1) is 16.1. The Labute approximate surface area is 135 Å². The smallest absolute Gasteiger partial charge is 0.257 e. The molecule has 0 aliphatic carbocycles. The Kier molecular flexibility index (Phi) is 4.28. The summed E-state index contributed by atoms with van der Waals surface area (Å²) in [5.41, 5.74) is 0.000683. The molecule has 0 saturated carbocycles. The molecule has 24 heavy (non-hydrogen) atoms. The van der Waals surface area contributed by atoms with Gasteiger partial charge in [0.15, 0.2) is 17.5 Å². The lowest BCUT2D eigenvalue weighted by Crippen LogP contribution is -2.50. The average Bonchev–Trinajstić information content (AvgIpc) is 3.13. The summed E-state index contributed by atoms with van der Waals surface area (Å²) in [6, 6.07) is 3.29. The molecule has 3 rings (SSSR count). The second-order valence-corrected chi connectivity index (χ2v) is 5.41. The Balaban J connectivity index is 1.68. The number of hydrogen-bond donors (Lipinski definition) is 1. The van der Waals surface area contributed by atoms with E-state index < -0.39 is 28.9 Å². The topological polar surface area (TPSA) is 56.4 Å². The van der Waals surface area contributed by atoms with E-state index in [0.29, 0.717) is 5.56 Å². The van der Waals surface area contributed by atoms with Gasteiger partial charge in [0.25, 0.3) is 11.8 Å². The number of rotatable bonds is 2. The molecular weight excluding hydrogens is 323 g/mol. The molecule has 1 N–H and O–H groups in total. The Morgan fingerprint density at radius 3 is 2.08 bits per heavy atom. The second kappa shape index (κ2) is 6.38. The number of aromatic amines is 1. The molecule has 2 heterocycles. The van der Waals surface area contributed by atoms with E-state index in [-0.39, 0.29) is 32.1 Å². The Morgan fingerprint density at radius 1 is 0.875 bits per heavy atom. The molecular formula is C16H14F3N3O2. The summed E-state index contributed by atoms with van der Waals surface area (Å²) < 4.78 is 39.9. The lowest BCUT2D eigenvalue weighted by atomic mass is 10.1. The highest BCUT2D eigenvalue weighted by atomic mass is 19.2. The first-order chi connectivity index (χ1) is 11.5. The van der Waals surface area contributed by atoms with Crippen LogP contribution >= 0.6 is 0 Å². The van der Waals surface area contributed by atoms with Gasteiger partial charge in [-0.25, -0.2) is 13.2 Å². The van der Waals surface area contributed by atoms with Crippen LogP contribution in [0.25, 0.3) is 0 Å². The van der Waals surface area contributed by atoms with E-state index in [0.717, 1.165) is 12.1 Å². The van der Waals surface area contributed by atoms with Gasteiger partial charge in [-0.2, -0.15) is 0 Å². The van der Waals surface area contributed by atoms with E-state index >= 15 is 0 Å². The number of carbonyl (C=O) groups is 2. The molecule has 1 aliphatic heterocycles. The summed E-state index contributed by atoms with van der Waals surface area (Å²) >= 11 is 0. The Morgan fingerprint density at radius 2 is 1.50 bits per heavy atom. The molecule has 0 radical (unpaired) electrons. The molecule has 1 aliphatic rings. The molecule has 8 heteroatoms. The normalized spacial score (nSPS) is 14.8. The lowest BCUT2D eigenvalue weighted by molar-refractivity contribution is 0.0532. The van der Waals surface area contributed by atoms with E-state index in [2.05, 4.69) is 4.98 Å². The van der Waals surface area contributed by atoms with Crippen molar-refractivity contribution < 1.29 is 22.8 Å². The molecule has 1 saturated heterocycles. The number of benzene rings is 1. The van der Waals surface area contributed by atoms with Crippen molar-refractivity contribution in [3.63, 3.8) is 0 Å². The van der Waals surface area contributed by atoms with Gasteiger partial charge >= 0.3 is 0 Å². The highest BCUT2D eigenvalue weighted by Gasteiger charge is 2.28. The van der Waals surface area contributed by atoms with Gasteiger partial charge in [0.1, 0.15) is 0 Å². The number of aromatic nitrogens is 1. The summed E-state index contributed by atoms with van der Waals surface area (Å²) in [6.07, 6.45) is 3.22. The van der Waals surface area contributed by atoms with Crippen molar-refractivity contribution in [1.82, 2.24) is 14.8 Å². The molecule has 2 amide bonds. The van der Waals surface area contributed by atoms with Crippen LogP contribution in [-0.4, -0.2) is 52.8 Å². The molecule has 1 aromatic heterocycles. The number of nitrogens with one attached hydrogen (secondary N) is 1. The molecule has 0 bridgehead atoms. The summed E-state index contributed by atoms with van der Waals surface area (Å²) in [4.78, 5) is 30.2. The monoisotopic (exact) mass is 337 g/mol. The van der Waals surface area contributed by atoms with Crippen molar-refractivity contribution in [1.29, 1.82) is 0 Å². The molecule has 5 nitrogen and oxygen atoms in total. The third-order valence-electron chi connectivity index (χ3n) is 3.96. The van der Waals surface area contributed by atoms with Crippen LogP contribution in [-0.2, 0) is 0 Å². The average molecular weight is 337 g/mol. The number of hydrogen-bond acceptors (Lipinski definition) is 2. The number of carbonyl (C=O) groups excluding carboxylic acids is 2. The first-order valence-electron chi connectivity index (χ1n) is 7.34. The van der Waals surface area contributed by atoms with Crippen LogP contribution in [0.5, 0.6) is 0 Å². The maximum absolute atomic E-state index is 13.7. The van der Waals surface area contributed by atoms with Crippen LogP contribution in [0.3, 0.4) is 0 Å². The van der Waals surface area contributed by atoms with Crippen molar-refractivity contribution in [3.05, 3.63) is 59.2 Å². The molecule has 0 spiro atoms. The molecule has 0 unspecified atom stereocenters. The number of H-pyrrole nitrogens is 1. The second-order valence-electron chi connectivity index (χ2n) is 5.41. The van der Waals surface area contributed by atoms with Crippen molar-refractivity contribution in [2.45, 2.75) is 0 Å².